The number of carbonyl (C=O) groups is 2. The number of amides is 2. The van der Waals surface area contributed by atoms with Crippen LogP contribution in [0.3, 0.4) is 0 Å². The molecule has 1 aliphatic heterocycles. The number of ether oxygens (including phenoxy) is 2. The highest BCUT2D eigenvalue weighted by atomic mass is 32.1. The predicted octanol–water partition coefficient (Wildman–Crippen LogP) is 2.37. The van der Waals surface area contributed by atoms with E-state index in [1.807, 2.05) is 17.5 Å². The number of hydrogen-bond acceptors (Lipinski definition) is 8. The maximum Gasteiger partial charge on any atom is 0.338 e. The molecule has 0 saturated carbocycles. The van der Waals surface area contributed by atoms with E-state index < -0.39 is 12.0 Å². The first-order valence-corrected chi connectivity index (χ1v) is 10.1. The fourth-order valence-corrected chi connectivity index (χ4v) is 3.98. The second kappa shape index (κ2) is 9.07. The number of rotatable bonds is 8. The van der Waals surface area contributed by atoms with E-state index in [9.17, 15) is 9.59 Å². The fourth-order valence-electron chi connectivity index (χ4n) is 2.81. The standard InChI is InChI=1S/C17H20N4O4S2/c1-11-14(16(22)25-8-7-24-2)15(13-10-27-20-19-13)18-17(23)21(11)6-5-12-4-3-9-26-12/h3-4,9-10,15H,5-8H2,1-2H3,(H,18,23). The highest BCUT2D eigenvalue weighted by Gasteiger charge is 2.37. The SMILES string of the molecule is COCCOC(=O)C1=C(C)N(CCc2cccs2)C(=O)NC1c1csnn1. The Hall–Kier alpha value is -2.30. The lowest BCUT2D eigenvalue weighted by atomic mass is 9.99. The molecule has 1 unspecified atom stereocenters. The van der Waals surface area contributed by atoms with Gasteiger partial charge >= 0.3 is 12.0 Å². The molecule has 0 saturated heterocycles. The third-order valence-corrected chi connectivity index (χ3v) is 5.63. The summed E-state index contributed by atoms with van der Waals surface area (Å²) in [6, 6.07) is 3.05. The third kappa shape index (κ3) is 4.52. The number of carbonyl (C=O) groups excluding carboxylic acids is 2. The minimum Gasteiger partial charge on any atom is -0.460 e. The molecule has 0 aromatic carbocycles. The normalized spacial score (nSPS) is 17.2. The van der Waals surface area contributed by atoms with Gasteiger partial charge < -0.3 is 14.8 Å². The molecule has 2 aromatic rings. The molecule has 1 N–H and O–H groups in total. The Labute approximate surface area is 164 Å². The Morgan fingerprint density at radius 2 is 2.26 bits per heavy atom. The summed E-state index contributed by atoms with van der Waals surface area (Å²) in [4.78, 5) is 28.1. The van der Waals surface area contributed by atoms with Crippen molar-refractivity contribution in [1.29, 1.82) is 0 Å². The number of esters is 1. The molecule has 1 atom stereocenters. The molecule has 8 nitrogen and oxygen atoms in total. The Balaban J connectivity index is 1.86. The molecular formula is C17H20N4O4S2. The van der Waals surface area contributed by atoms with Crippen LogP contribution in [-0.4, -0.2) is 53.4 Å². The van der Waals surface area contributed by atoms with Gasteiger partial charge in [-0.2, -0.15) is 0 Å². The summed E-state index contributed by atoms with van der Waals surface area (Å²) in [6.07, 6.45) is 0.706. The number of hydrogen-bond donors (Lipinski definition) is 1. The van der Waals surface area contributed by atoms with Gasteiger partial charge in [0.15, 0.2) is 0 Å². The average Bonchev–Trinajstić information content (AvgIpc) is 3.35. The van der Waals surface area contributed by atoms with Crippen molar-refractivity contribution in [2.75, 3.05) is 26.9 Å². The van der Waals surface area contributed by atoms with Gasteiger partial charge in [0.2, 0.25) is 0 Å². The fraction of sp³-hybridized carbons (Fsp3) is 0.412. The van der Waals surface area contributed by atoms with Crippen molar-refractivity contribution in [1.82, 2.24) is 19.8 Å². The predicted molar refractivity (Wildman–Crippen MR) is 101 cm³/mol. The van der Waals surface area contributed by atoms with E-state index in [0.29, 0.717) is 36.5 Å². The Kier molecular flexibility index (Phi) is 6.54. The molecule has 0 spiro atoms. The van der Waals surface area contributed by atoms with Gasteiger partial charge in [-0.25, -0.2) is 9.59 Å². The first-order valence-electron chi connectivity index (χ1n) is 8.36. The zero-order valence-corrected chi connectivity index (χ0v) is 16.6. The van der Waals surface area contributed by atoms with Crippen molar-refractivity contribution < 1.29 is 19.1 Å². The van der Waals surface area contributed by atoms with E-state index in [1.54, 1.807) is 28.5 Å². The quantitative estimate of drug-likeness (QED) is 0.532. The molecule has 0 aliphatic carbocycles. The summed E-state index contributed by atoms with van der Waals surface area (Å²) in [7, 11) is 1.54. The molecule has 3 rings (SSSR count). The zero-order chi connectivity index (χ0) is 19.2. The van der Waals surface area contributed by atoms with Crippen molar-refractivity contribution in [2.45, 2.75) is 19.4 Å². The number of nitrogens with one attached hydrogen (secondary N) is 1. The smallest absolute Gasteiger partial charge is 0.338 e. The molecule has 2 amide bonds. The maximum atomic E-state index is 12.7. The van der Waals surface area contributed by atoms with Gasteiger partial charge in [0, 0.05) is 29.6 Å². The van der Waals surface area contributed by atoms with Gasteiger partial charge in [-0.1, -0.05) is 10.6 Å². The second-order valence-electron chi connectivity index (χ2n) is 5.82. The minimum absolute atomic E-state index is 0.136. The number of methoxy groups -OCH3 is 1. The summed E-state index contributed by atoms with van der Waals surface area (Å²) in [6.45, 7) is 2.66. The molecule has 10 heteroatoms. The van der Waals surface area contributed by atoms with Crippen LogP contribution in [-0.2, 0) is 20.7 Å². The zero-order valence-electron chi connectivity index (χ0n) is 15.0. The number of aromatic nitrogens is 2. The molecule has 3 heterocycles. The van der Waals surface area contributed by atoms with Crippen molar-refractivity contribution >= 4 is 34.9 Å². The number of thiophene rings is 1. The van der Waals surface area contributed by atoms with E-state index in [-0.39, 0.29) is 12.6 Å². The summed E-state index contributed by atoms with van der Waals surface area (Å²) < 4.78 is 14.1. The lowest BCUT2D eigenvalue weighted by molar-refractivity contribution is -0.140. The lowest BCUT2D eigenvalue weighted by Crippen LogP contribution is -2.48. The van der Waals surface area contributed by atoms with Gasteiger partial charge in [-0.05, 0) is 36.3 Å². The highest BCUT2D eigenvalue weighted by molar-refractivity contribution is 7.09. The molecule has 27 heavy (non-hydrogen) atoms. The lowest BCUT2D eigenvalue weighted by Gasteiger charge is -2.34. The van der Waals surface area contributed by atoms with Crippen LogP contribution in [0, 0.1) is 0 Å². The van der Waals surface area contributed by atoms with Crippen molar-refractivity contribution in [3.8, 4) is 0 Å². The molecule has 144 valence electrons. The van der Waals surface area contributed by atoms with Gasteiger partial charge in [0.1, 0.15) is 18.3 Å². The molecule has 0 bridgehead atoms. The summed E-state index contributed by atoms with van der Waals surface area (Å²) in [5, 5.41) is 10.6. The first kappa shape index (κ1) is 19.5. The van der Waals surface area contributed by atoms with Crippen molar-refractivity contribution in [2.24, 2.45) is 0 Å². The van der Waals surface area contributed by atoms with Crippen LogP contribution in [0.2, 0.25) is 0 Å². The highest BCUT2D eigenvalue weighted by Crippen LogP contribution is 2.31. The van der Waals surface area contributed by atoms with Crippen LogP contribution < -0.4 is 5.32 Å². The van der Waals surface area contributed by atoms with Gasteiger partial charge in [-0.3, -0.25) is 4.90 Å². The van der Waals surface area contributed by atoms with Crippen molar-refractivity contribution in [3.63, 3.8) is 0 Å². The third-order valence-electron chi connectivity index (χ3n) is 4.17. The van der Waals surface area contributed by atoms with Crippen molar-refractivity contribution in [3.05, 3.63) is 44.7 Å². The van der Waals surface area contributed by atoms with Crippen LogP contribution in [0.4, 0.5) is 4.79 Å². The van der Waals surface area contributed by atoms with Gasteiger partial charge in [-0.15, -0.1) is 16.4 Å². The van der Waals surface area contributed by atoms with E-state index in [0.717, 1.165) is 11.5 Å². The molecule has 1 aliphatic rings. The van der Waals surface area contributed by atoms with Crippen LogP contribution >= 0.6 is 22.9 Å². The summed E-state index contributed by atoms with van der Waals surface area (Å²) in [5.41, 5.74) is 1.45. The first-order chi connectivity index (χ1) is 13.1. The Bertz CT molecular complexity index is 805. The summed E-state index contributed by atoms with van der Waals surface area (Å²) >= 11 is 2.80. The summed E-state index contributed by atoms with van der Waals surface area (Å²) in [5.74, 6) is -0.497. The molecule has 2 aromatic heterocycles. The number of urea groups is 1. The molecule has 0 fully saturated rings. The Morgan fingerprint density at radius 1 is 1.41 bits per heavy atom. The minimum atomic E-state index is -0.677. The largest absolute Gasteiger partial charge is 0.460 e. The number of allylic oxidation sites excluding steroid dienone is 1. The van der Waals surface area contributed by atoms with Gasteiger partial charge in [0.25, 0.3) is 0 Å². The number of nitrogens with zero attached hydrogens (tertiary/aromatic N) is 3. The molecular weight excluding hydrogens is 388 g/mol. The van der Waals surface area contributed by atoms with Crippen LogP contribution in [0.5, 0.6) is 0 Å². The van der Waals surface area contributed by atoms with Crippen LogP contribution in [0.15, 0.2) is 34.2 Å². The van der Waals surface area contributed by atoms with E-state index in [1.165, 1.54) is 12.0 Å². The second-order valence-corrected chi connectivity index (χ2v) is 7.46. The van der Waals surface area contributed by atoms with Crippen LogP contribution in [0.25, 0.3) is 0 Å². The monoisotopic (exact) mass is 408 g/mol. The molecule has 0 radical (unpaired) electrons. The van der Waals surface area contributed by atoms with Crippen LogP contribution in [0.1, 0.15) is 23.5 Å². The maximum absolute atomic E-state index is 12.7. The topological polar surface area (TPSA) is 93.7 Å². The van der Waals surface area contributed by atoms with E-state index >= 15 is 0 Å². The average molecular weight is 409 g/mol. The van der Waals surface area contributed by atoms with E-state index in [2.05, 4.69) is 14.9 Å². The van der Waals surface area contributed by atoms with E-state index in [4.69, 9.17) is 9.47 Å². The Morgan fingerprint density at radius 3 is 2.93 bits per heavy atom. The van der Waals surface area contributed by atoms with Gasteiger partial charge in [0.05, 0.1) is 12.2 Å².